The van der Waals surface area contributed by atoms with Crippen LogP contribution in [0.3, 0.4) is 0 Å². The van der Waals surface area contributed by atoms with Crippen molar-refractivity contribution in [3.8, 4) is 11.8 Å². The van der Waals surface area contributed by atoms with E-state index in [4.69, 9.17) is 0 Å². The highest BCUT2D eigenvalue weighted by atomic mass is 16.5. The first-order valence-electron chi connectivity index (χ1n) is 9.67. The molecular formula is C23H27NO4. The lowest BCUT2D eigenvalue weighted by Gasteiger charge is -2.32. The number of benzene rings is 1. The average molecular weight is 381 g/mol. The minimum atomic E-state index is -0.238. The molecule has 28 heavy (non-hydrogen) atoms. The average Bonchev–Trinajstić information content (AvgIpc) is 2.70. The summed E-state index contributed by atoms with van der Waals surface area (Å²) in [4.78, 5) is 37.3. The Morgan fingerprint density at radius 1 is 1.25 bits per heavy atom. The van der Waals surface area contributed by atoms with E-state index in [-0.39, 0.29) is 23.7 Å². The van der Waals surface area contributed by atoms with Gasteiger partial charge in [0.2, 0.25) is 5.91 Å². The number of methoxy groups -OCH3 is 1. The minimum absolute atomic E-state index is 0.0260. The van der Waals surface area contributed by atoms with E-state index in [9.17, 15) is 14.4 Å². The van der Waals surface area contributed by atoms with Gasteiger partial charge in [-0.25, -0.2) is 0 Å². The minimum Gasteiger partial charge on any atom is -0.469 e. The normalized spacial score (nSPS) is 16.5. The molecule has 0 aromatic heterocycles. The first-order valence-corrected chi connectivity index (χ1v) is 9.67. The predicted octanol–water partition coefficient (Wildman–Crippen LogP) is 3.08. The molecule has 1 unspecified atom stereocenters. The third-order valence-corrected chi connectivity index (χ3v) is 4.62. The Morgan fingerprint density at radius 3 is 2.79 bits per heavy atom. The Morgan fingerprint density at radius 2 is 2.04 bits per heavy atom. The maximum atomic E-state index is 12.3. The highest BCUT2D eigenvalue weighted by Gasteiger charge is 2.25. The maximum Gasteiger partial charge on any atom is 0.305 e. The van der Waals surface area contributed by atoms with Crippen LogP contribution in [0.1, 0.15) is 44.1 Å². The van der Waals surface area contributed by atoms with Gasteiger partial charge in [0.05, 0.1) is 19.7 Å². The molecule has 1 amide bonds. The van der Waals surface area contributed by atoms with Gasteiger partial charge in [-0.15, -0.1) is 5.92 Å². The largest absolute Gasteiger partial charge is 0.469 e. The molecule has 1 atom stereocenters. The summed E-state index contributed by atoms with van der Waals surface area (Å²) in [6.45, 7) is 0.346. The number of esters is 1. The van der Waals surface area contributed by atoms with Crippen LogP contribution in [0.4, 0.5) is 0 Å². The van der Waals surface area contributed by atoms with E-state index in [0.29, 0.717) is 38.6 Å². The number of likely N-dealkylation sites (tertiary alicyclic amines) is 1. The van der Waals surface area contributed by atoms with Crippen LogP contribution < -0.4 is 0 Å². The fourth-order valence-corrected chi connectivity index (χ4v) is 3.08. The first-order chi connectivity index (χ1) is 13.6. The predicted molar refractivity (Wildman–Crippen MR) is 107 cm³/mol. The van der Waals surface area contributed by atoms with E-state index < -0.39 is 0 Å². The topological polar surface area (TPSA) is 63.7 Å². The molecule has 0 radical (unpaired) electrons. The van der Waals surface area contributed by atoms with Crippen molar-refractivity contribution in [2.45, 2.75) is 51.0 Å². The van der Waals surface area contributed by atoms with Gasteiger partial charge in [0.25, 0.3) is 0 Å². The number of nitrogens with zero attached hydrogens (tertiary/aromatic N) is 1. The summed E-state index contributed by atoms with van der Waals surface area (Å²) < 4.78 is 4.59. The van der Waals surface area contributed by atoms with Crippen molar-refractivity contribution in [2.24, 2.45) is 0 Å². The van der Waals surface area contributed by atoms with Crippen molar-refractivity contribution in [1.82, 2.24) is 4.90 Å². The van der Waals surface area contributed by atoms with Gasteiger partial charge in [-0.2, -0.15) is 0 Å². The summed E-state index contributed by atoms with van der Waals surface area (Å²) in [5, 5.41) is 0. The smallest absolute Gasteiger partial charge is 0.305 e. The molecule has 1 fully saturated rings. The summed E-state index contributed by atoms with van der Waals surface area (Å²) in [6, 6.07) is 9.52. The quantitative estimate of drug-likeness (QED) is 0.300. The number of piperidine rings is 1. The van der Waals surface area contributed by atoms with Gasteiger partial charge in [-0.1, -0.05) is 42.3 Å². The van der Waals surface area contributed by atoms with Crippen LogP contribution in [-0.2, 0) is 25.5 Å². The van der Waals surface area contributed by atoms with Gasteiger partial charge >= 0.3 is 5.97 Å². The number of carbonyl (C=O) groups is 3. The summed E-state index contributed by atoms with van der Waals surface area (Å²) in [7, 11) is 1.37. The Bertz CT molecular complexity index is 758. The maximum absolute atomic E-state index is 12.3. The van der Waals surface area contributed by atoms with Gasteiger partial charge in [0, 0.05) is 25.7 Å². The molecule has 1 aromatic rings. The van der Waals surface area contributed by atoms with Crippen LogP contribution in [0.25, 0.3) is 0 Å². The van der Waals surface area contributed by atoms with Crippen molar-refractivity contribution >= 4 is 17.7 Å². The standard InChI is InChI=1S/C23H27NO4/c1-28-23(27)14-7-2-3-8-17-24-20(12-9-13-22(24)26)15-16-21(25)18-19-10-5-4-6-11-19/h4-6,10-11,15-16,20H,2,7,9,12-14,17-18H2,1H3. The molecule has 2 rings (SSSR count). The second kappa shape index (κ2) is 11.8. The van der Waals surface area contributed by atoms with Crippen LogP contribution in [0, 0.1) is 11.8 Å². The third kappa shape index (κ3) is 7.40. The Hall–Kier alpha value is -2.87. The van der Waals surface area contributed by atoms with E-state index in [1.165, 1.54) is 7.11 Å². The molecule has 1 aromatic carbocycles. The van der Waals surface area contributed by atoms with E-state index >= 15 is 0 Å². The molecule has 148 valence electrons. The van der Waals surface area contributed by atoms with Gasteiger partial charge in [0.1, 0.15) is 0 Å². The number of carbonyl (C=O) groups excluding carboxylic acids is 3. The van der Waals surface area contributed by atoms with E-state index in [1.54, 1.807) is 11.0 Å². The van der Waals surface area contributed by atoms with Crippen LogP contribution in [0.2, 0.25) is 0 Å². The van der Waals surface area contributed by atoms with Gasteiger partial charge in [-0.3, -0.25) is 14.4 Å². The second-order valence-electron chi connectivity index (χ2n) is 6.75. The Balaban J connectivity index is 1.86. The molecule has 1 aliphatic rings. The van der Waals surface area contributed by atoms with E-state index in [1.807, 2.05) is 36.4 Å². The highest BCUT2D eigenvalue weighted by molar-refractivity contribution is 5.91. The fourth-order valence-electron chi connectivity index (χ4n) is 3.08. The van der Waals surface area contributed by atoms with E-state index in [2.05, 4.69) is 16.6 Å². The molecule has 5 heteroatoms. The number of allylic oxidation sites excluding steroid dienone is 1. The molecule has 1 heterocycles. The lowest BCUT2D eigenvalue weighted by Crippen LogP contribution is -2.42. The Kier molecular flexibility index (Phi) is 9.00. The molecule has 5 nitrogen and oxygen atoms in total. The highest BCUT2D eigenvalue weighted by Crippen LogP contribution is 2.19. The number of hydrogen-bond acceptors (Lipinski definition) is 4. The molecule has 1 aliphatic heterocycles. The van der Waals surface area contributed by atoms with Crippen LogP contribution in [0.5, 0.6) is 0 Å². The number of hydrogen-bond donors (Lipinski definition) is 0. The molecular weight excluding hydrogens is 354 g/mol. The van der Waals surface area contributed by atoms with Crippen molar-refractivity contribution in [2.75, 3.05) is 13.7 Å². The number of ether oxygens (including phenoxy) is 1. The lowest BCUT2D eigenvalue weighted by atomic mass is 10.00. The van der Waals surface area contributed by atoms with Crippen LogP contribution in [0.15, 0.2) is 42.5 Å². The number of amides is 1. The SMILES string of the molecule is COC(=O)CCCC#CCN1C(=O)CCCC1C=CC(=O)Cc1ccccc1. The fraction of sp³-hybridized carbons (Fsp3) is 0.435. The van der Waals surface area contributed by atoms with E-state index in [0.717, 1.165) is 18.4 Å². The van der Waals surface area contributed by atoms with Gasteiger partial charge in [-0.05, 0) is 30.9 Å². The molecule has 0 N–H and O–H groups in total. The summed E-state index contributed by atoms with van der Waals surface area (Å²) >= 11 is 0. The lowest BCUT2D eigenvalue weighted by molar-refractivity contribution is -0.140. The van der Waals surface area contributed by atoms with Crippen LogP contribution in [-0.4, -0.2) is 42.3 Å². The molecule has 0 bridgehead atoms. The number of rotatable bonds is 8. The van der Waals surface area contributed by atoms with Crippen molar-refractivity contribution in [1.29, 1.82) is 0 Å². The van der Waals surface area contributed by atoms with Gasteiger partial charge in [0.15, 0.2) is 5.78 Å². The third-order valence-electron chi connectivity index (χ3n) is 4.62. The van der Waals surface area contributed by atoms with Gasteiger partial charge < -0.3 is 9.64 Å². The Labute approximate surface area is 166 Å². The summed E-state index contributed by atoms with van der Waals surface area (Å²) in [5.41, 5.74) is 0.978. The molecule has 0 spiro atoms. The molecule has 0 saturated carbocycles. The van der Waals surface area contributed by atoms with Crippen molar-refractivity contribution in [3.05, 3.63) is 48.0 Å². The monoisotopic (exact) mass is 381 g/mol. The summed E-state index contributed by atoms with van der Waals surface area (Å²) in [6.07, 6.45) is 7.55. The second-order valence-corrected chi connectivity index (χ2v) is 6.75. The molecule has 0 aliphatic carbocycles. The zero-order valence-corrected chi connectivity index (χ0v) is 16.4. The zero-order chi connectivity index (χ0) is 20.2. The molecule has 1 saturated heterocycles. The van der Waals surface area contributed by atoms with Crippen molar-refractivity contribution in [3.63, 3.8) is 0 Å². The number of ketones is 1. The zero-order valence-electron chi connectivity index (χ0n) is 16.4. The van der Waals surface area contributed by atoms with Crippen molar-refractivity contribution < 1.29 is 19.1 Å². The summed E-state index contributed by atoms with van der Waals surface area (Å²) in [5.74, 6) is 5.89. The first kappa shape index (κ1) is 21.4. The number of unbranched alkanes of at least 4 members (excludes halogenated alkanes) is 1. The van der Waals surface area contributed by atoms with Crippen LogP contribution >= 0.6 is 0 Å².